The van der Waals surface area contributed by atoms with Gasteiger partial charge in [0.2, 0.25) is 5.89 Å². The maximum Gasteiger partial charge on any atom is 0.212 e. The second kappa shape index (κ2) is 5.29. The van der Waals surface area contributed by atoms with Gasteiger partial charge in [0.15, 0.2) is 5.58 Å². The van der Waals surface area contributed by atoms with E-state index in [9.17, 15) is 0 Å². The van der Waals surface area contributed by atoms with E-state index in [-0.39, 0.29) is 6.04 Å². The lowest BCUT2D eigenvalue weighted by molar-refractivity contribution is 0.164. The number of aromatic nitrogens is 1. The predicted molar refractivity (Wildman–Crippen MR) is 76.9 cm³/mol. The quantitative estimate of drug-likeness (QED) is 0.925. The zero-order valence-electron chi connectivity index (χ0n) is 10.6. The Morgan fingerprint density at radius 3 is 2.79 bits per heavy atom. The lowest BCUT2D eigenvalue weighted by atomic mass is 10.2. The normalized spacial score (nSPS) is 18.9. The third-order valence-electron chi connectivity index (χ3n) is 3.48. The molecule has 1 aromatic carbocycles. The Balaban J connectivity index is 1.94. The van der Waals surface area contributed by atoms with Crippen LogP contribution in [0.1, 0.15) is 18.9 Å². The molecule has 1 saturated heterocycles. The molecule has 2 heterocycles. The van der Waals surface area contributed by atoms with Crippen LogP contribution in [-0.2, 0) is 0 Å². The molecule has 0 radical (unpaired) electrons. The molecule has 0 spiro atoms. The molecule has 1 unspecified atom stereocenters. The Kier molecular flexibility index (Phi) is 3.67. The summed E-state index contributed by atoms with van der Waals surface area (Å²) in [6.45, 7) is 6.09. The second-order valence-corrected chi connectivity index (χ2v) is 5.59. The molecule has 19 heavy (non-hydrogen) atoms. The zero-order valence-corrected chi connectivity index (χ0v) is 12.1. The first-order valence-electron chi connectivity index (χ1n) is 6.35. The van der Waals surface area contributed by atoms with Crippen molar-refractivity contribution in [2.75, 3.05) is 26.2 Å². The van der Waals surface area contributed by atoms with E-state index in [1.54, 1.807) is 12.1 Å². The highest BCUT2D eigenvalue weighted by atomic mass is 35.5. The summed E-state index contributed by atoms with van der Waals surface area (Å²) in [5, 5.41) is 4.42. The van der Waals surface area contributed by atoms with E-state index < -0.39 is 0 Å². The van der Waals surface area contributed by atoms with E-state index in [1.165, 1.54) is 0 Å². The molecule has 1 atom stereocenters. The fourth-order valence-electron chi connectivity index (χ4n) is 2.38. The van der Waals surface area contributed by atoms with Crippen LogP contribution >= 0.6 is 23.2 Å². The van der Waals surface area contributed by atoms with E-state index in [0.29, 0.717) is 21.5 Å². The molecule has 1 aliphatic rings. The van der Waals surface area contributed by atoms with Crippen molar-refractivity contribution >= 4 is 34.3 Å². The van der Waals surface area contributed by atoms with Gasteiger partial charge in [-0.25, -0.2) is 4.98 Å². The van der Waals surface area contributed by atoms with Crippen molar-refractivity contribution < 1.29 is 4.42 Å². The average Bonchev–Trinajstić information content (AvgIpc) is 2.83. The smallest absolute Gasteiger partial charge is 0.212 e. The highest BCUT2D eigenvalue weighted by Gasteiger charge is 2.23. The van der Waals surface area contributed by atoms with Gasteiger partial charge in [0.05, 0.1) is 11.1 Å². The minimum Gasteiger partial charge on any atom is -0.437 e. The van der Waals surface area contributed by atoms with Crippen molar-refractivity contribution in [3.8, 4) is 0 Å². The van der Waals surface area contributed by atoms with Crippen LogP contribution in [0, 0.1) is 0 Å². The first kappa shape index (κ1) is 13.2. The summed E-state index contributed by atoms with van der Waals surface area (Å²) in [4.78, 5) is 6.86. The van der Waals surface area contributed by atoms with Crippen LogP contribution in [0.3, 0.4) is 0 Å². The van der Waals surface area contributed by atoms with Crippen molar-refractivity contribution in [1.29, 1.82) is 0 Å². The standard InChI is InChI=1S/C13H15Cl2N3O/c1-8(18-4-2-16-3-5-18)13-17-11-7-9(14)6-10(15)12(11)19-13/h6-8,16H,2-5H2,1H3. The van der Waals surface area contributed by atoms with Crippen LogP contribution in [-0.4, -0.2) is 36.1 Å². The lowest BCUT2D eigenvalue weighted by Gasteiger charge is -2.30. The second-order valence-electron chi connectivity index (χ2n) is 4.75. The van der Waals surface area contributed by atoms with Crippen LogP contribution in [0.25, 0.3) is 11.1 Å². The van der Waals surface area contributed by atoms with E-state index in [4.69, 9.17) is 27.6 Å². The molecule has 0 amide bonds. The highest BCUT2D eigenvalue weighted by Crippen LogP contribution is 2.31. The van der Waals surface area contributed by atoms with Gasteiger partial charge in [0.1, 0.15) is 5.52 Å². The van der Waals surface area contributed by atoms with Crippen molar-refractivity contribution in [2.24, 2.45) is 0 Å². The minimum absolute atomic E-state index is 0.143. The molecule has 1 N–H and O–H groups in total. The van der Waals surface area contributed by atoms with Crippen LogP contribution < -0.4 is 5.32 Å². The highest BCUT2D eigenvalue weighted by molar-refractivity contribution is 6.37. The van der Waals surface area contributed by atoms with Crippen LogP contribution in [0.2, 0.25) is 10.0 Å². The zero-order chi connectivity index (χ0) is 13.4. The summed E-state index contributed by atoms with van der Waals surface area (Å²) in [5.41, 5.74) is 1.33. The van der Waals surface area contributed by atoms with E-state index in [0.717, 1.165) is 31.7 Å². The number of halogens is 2. The Hall–Kier alpha value is -0.810. The molecule has 0 bridgehead atoms. The van der Waals surface area contributed by atoms with Gasteiger partial charge in [-0.2, -0.15) is 0 Å². The molecule has 0 saturated carbocycles. The van der Waals surface area contributed by atoms with Gasteiger partial charge in [-0.3, -0.25) is 4.90 Å². The van der Waals surface area contributed by atoms with Gasteiger partial charge in [-0.15, -0.1) is 0 Å². The van der Waals surface area contributed by atoms with Gasteiger partial charge in [-0.05, 0) is 19.1 Å². The van der Waals surface area contributed by atoms with Gasteiger partial charge >= 0.3 is 0 Å². The summed E-state index contributed by atoms with van der Waals surface area (Å²) in [6.07, 6.45) is 0. The number of nitrogens with one attached hydrogen (secondary N) is 1. The Labute approximate surface area is 121 Å². The maximum absolute atomic E-state index is 6.12. The van der Waals surface area contributed by atoms with Gasteiger partial charge < -0.3 is 9.73 Å². The molecule has 6 heteroatoms. The summed E-state index contributed by atoms with van der Waals surface area (Å²) >= 11 is 12.1. The summed E-state index contributed by atoms with van der Waals surface area (Å²) in [5.74, 6) is 0.695. The van der Waals surface area contributed by atoms with Crippen LogP contribution in [0.5, 0.6) is 0 Å². The Morgan fingerprint density at radius 2 is 2.05 bits per heavy atom. The predicted octanol–water partition coefficient (Wildman–Crippen LogP) is 3.10. The van der Waals surface area contributed by atoms with Crippen molar-refractivity contribution in [3.05, 3.63) is 28.1 Å². The summed E-state index contributed by atoms with van der Waals surface area (Å²) in [6, 6.07) is 3.60. The molecule has 1 fully saturated rings. The number of oxazole rings is 1. The van der Waals surface area contributed by atoms with Crippen LogP contribution in [0.15, 0.2) is 16.5 Å². The van der Waals surface area contributed by atoms with Gasteiger partial charge in [0.25, 0.3) is 0 Å². The van der Waals surface area contributed by atoms with Crippen molar-refractivity contribution in [1.82, 2.24) is 15.2 Å². The number of rotatable bonds is 2. The first-order chi connectivity index (χ1) is 9.15. The number of nitrogens with zero attached hydrogens (tertiary/aromatic N) is 2. The average molecular weight is 300 g/mol. The molecule has 4 nitrogen and oxygen atoms in total. The fraction of sp³-hybridized carbons (Fsp3) is 0.462. The van der Waals surface area contributed by atoms with Crippen LogP contribution in [0.4, 0.5) is 0 Å². The van der Waals surface area contributed by atoms with Crippen molar-refractivity contribution in [2.45, 2.75) is 13.0 Å². The summed E-state index contributed by atoms with van der Waals surface area (Å²) in [7, 11) is 0. The lowest BCUT2D eigenvalue weighted by Crippen LogP contribution is -2.44. The van der Waals surface area contributed by atoms with Crippen molar-refractivity contribution in [3.63, 3.8) is 0 Å². The van der Waals surface area contributed by atoms with E-state index in [1.807, 2.05) is 0 Å². The molecule has 1 aliphatic heterocycles. The molecule has 2 aromatic rings. The number of piperazine rings is 1. The third-order valence-corrected chi connectivity index (χ3v) is 3.98. The molecular formula is C13H15Cl2N3O. The van der Waals surface area contributed by atoms with Gasteiger partial charge in [0, 0.05) is 31.2 Å². The maximum atomic E-state index is 6.12. The molecule has 3 rings (SSSR count). The largest absolute Gasteiger partial charge is 0.437 e. The van der Waals surface area contributed by atoms with Gasteiger partial charge in [-0.1, -0.05) is 23.2 Å². The third kappa shape index (κ3) is 2.58. The molecule has 0 aliphatic carbocycles. The number of benzene rings is 1. The summed E-state index contributed by atoms with van der Waals surface area (Å²) < 4.78 is 5.81. The molecule has 1 aromatic heterocycles. The Bertz CT molecular complexity index is 593. The number of hydrogen-bond acceptors (Lipinski definition) is 4. The molecule has 102 valence electrons. The van der Waals surface area contributed by atoms with E-state index in [2.05, 4.69) is 22.1 Å². The number of hydrogen-bond donors (Lipinski definition) is 1. The van der Waals surface area contributed by atoms with E-state index >= 15 is 0 Å². The minimum atomic E-state index is 0.143. The molecular weight excluding hydrogens is 285 g/mol. The first-order valence-corrected chi connectivity index (χ1v) is 7.11. The topological polar surface area (TPSA) is 41.3 Å². The Morgan fingerprint density at radius 1 is 1.32 bits per heavy atom. The number of fused-ring (bicyclic) bond motifs is 1. The fourth-order valence-corrected chi connectivity index (χ4v) is 2.90. The monoisotopic (exact) mass is 299 g/mol. The SMILES string of the molecule is CC(c1nc2cc(Cl)cc(Cl)c2o1)N1CCNCC1.